The third kappa shape index (κ3) is 2.72. The van der Waals surface area contributed by atoms with E-state index in [4.69, 9.17) is 4.74 Å². The molecule has 0 aliphatic carbocycles. The van der Waals surface area contributed by atoms with Gasteiger partial charge in [-0.1, -0.05) is 30.3 Å². The lowest BCUT2D eigenvalue weighted by Crippen LogP contribution is -2.66. The van der Waals surface area contributed by atoms with Crippen molar-refractivity contribution in [1.82, 2.24) is 15.2 Å². The summed E-state index contributed by atoms with van der Waals surface area (Å²) < 4.78 is 5.37. The van der Waals surface area contributed by atoms with Gasteiger partial charge in [-0.25, -0.2) is 0 Å². The van der Waals surface area contributed by atoms with Crippen LogP contribution in [-0.4, -0.2) is 41.5 Å². The highest BCUT2D eigenvalue weighted by molar-refractivity contribution is 5.66. The molecular formula is C20H21N5O. The smallest absolute Gasteiger partial charge is 0.246 e. The molecule has 5 rings (SSSR count). The molecule has 0 atom stereocenters. The van der Waals surface area contributed by atoms with E-state index >= 15 is 0 Å². The van der Waals surface area contributed by atoms with Gasteiger partial charge in [-0.15, -0.1) is 5.10 Å². The van der Waals surface area contributed by atoms with Gasteiger partial charge >= 0.3 is 0 Å². The zero-order chi connectivity index (χ0) is 17.6. The summed E-state index contributed by atoms with van der Waals surface area (Å²) in [7, 11) is 0. The van der Waals surface area contributed by atoms with E-state index < -0.39 is 0 Å². The second-order valence-electron chi connectivity index (χ2n) is 7.40. The average molecular weight is 347 g/mol. The highest BCUT2D eigenvalue weighted by Gasteiger charge is 2.49. The number of aromatic nitrogens is 3. The first-order valence-electron chi connectivity index (χ1n) is 8.88. The minimum Gasteiger partial charge on any atom is -0.380 e. The summed E-state index contributed by atoms with van der Waals surface area (Å²) in [5, 5.41) is 10.6. The summed E-state index contributed by atoms with van der Waals surface area (Å²) in [5.41, 5.74) is 4.89. The van der Waals surface area contributed by atoms with Crippen LogP contribution in [0.1, 0.15) is 5.56 Å². The Morgan fingerprint density at radius 3 is 2.65 bits per heavy atom. The lowest BCUT2D eigenvalue weighted by molar-refractivity contribution is -0.127. The van der Waals surface area contributed by atoms with E-state index in [0.29, 0.717) is 11.4 Å². The van der Waals surface area contributed by atoms with Gasteiger partial charge in [-0.05, 0) is 30.7 Å². The van der Waals surface area contributed by atoms with Crippen LogP contribution in [0.3, 0.4) is 0 Å². The fourth-order valence-electron chi connectivity index (χ4n) is 3.71. The van der Waals surface area contributed by atoms with Gasteiger partial charge in [-0.2, -0.15) is 4.98 Å². The number of aryl methyl sites for hydroxylation is 1. The maximum Gasteiger partial charge on any atom is 0.246 e. The third-order valence-electron chi connectivity index (χ3n) is 5.09. The normalized spacial score (nSPS) is 17.7. The van der Waals surface area contributed by atoms with E-state index in [1.165, 1.54) is 11.3 Å². The molecule has 2 aromatic carbocycles. The van der Waals surface area contributed by atoms with Crippen molar-refractivity contribution in [3.8, 4) is 11.4 Å². The van der Waals surface area contributed by atoms with E-state index in [9.17, 15) is 0 Å². The van der Waals surface area contributed by atoms with Gasteiger partial charge in [-0.3, -0.25) is 5.10 Å². The van der Waals surface area contributed by atoms with E-state index in [2.05, 4.69) is 50.5 Å². The lowest BCUT2D eigenvalue weighted by Gasteiger charge is -2.56. The fraction of sp³-hybridized carbons (Fsp3) is 0.300. The Morgan fingerprint density at radius 2 is 1.92 bits per heavy atom. The van der Waals surface area contributed by atoms with Crippen molar-refractivity contribution in [3.05, 3.63) is 54.1 Å². The van der Waals surface area contributed by atoms with Crippen molar-refractivity contribution < 1.29 is 4.74 Å². The van der Waals surface area contributed by atoms with Crippen molar-refractivity contribution in [1.29, 1.82) is 0 Å². The van der Waals surface area contributed by atoms with Gasteiger partial charge in [0.25, 0.3) is 0 Å². The first kappa shape index (κ1) is 15.4. The lowest BCUT2D eigenvalue weighted by atomic mass is 9.77. The Balaban J connectivity index is 1.34. The van der Waals surface area contributed by atoms with Crippen LogP contribution in [0.15, 0.2) is 48.5 Å². The number of ether oxygens (including phenoxy) is 1. The highest BCUT2D eigenvalue weighted by atomic mass is 16.5. The molecule has 0 bridgehead atoms. The molecule has 2 fully saturated rings. The van der Waals surface area contributed by atoms with Gasteiger partial charge < -0.3 is 15.0 Å². The maximum absolute atomic E-state index is 5.37. The standard InChI is InChI=1S/C20H21N5O/c1-14-7-16(9-17(8-14)25-10-20(11-25)12-26-13-20)21-19-22-18(23-24-19)15-5-3-2-4-6-15/h2-9H,10-13H2,1H3,(H2,21,22,23,24). The molecule has 0 unspecified atom stereocenters. The first-order chi connectivity index (χ1) is 12.7. The molecule has 26 heavy (non-hydrogen) atoms. The Labute approximate surface area is 152 Å². The van der Waals surface area contributed by atoms with E-state index in [1.807, 2.05) is 30.3 Å². The quantitative estimate of drug-likeness (QED) is 0.757. The molecule has 2 saturated heterocycles. The van der Waals surface area contributed by atoms with Crippen molar-refractivity contribution in [2.24, 2.45) is 5.41 Å². The number of nitrogens with zero attached hydrogens (tertiary/aromatic N) is 3. The van der Waals surface area contributed by atoms with E-state index in [1.54, 1.807) is 0 Å². The van der Waals surface area contributed by atoms with Crippen molar-refractivity contribution in [2.75, 3.05) is 36.5 Å². The van der Waals surface area contributed by atoms with Crippen LogP contribution in [0, 0.1) is 12.3 Å². The van der Waals surface area contributed by atoms with Crippen molar-refractivity contribution >= 4 is 17.3 Å². The predicted molar refractivity (Wildman–Crippen MR) is 102 cm³/mol. The van der Waals surface area contributed by atoms with Crippen molar-refractivity contribution in [3.63, 3.8) is 0 Å². The largest absolute Gasteiger partial charge is 0.380 e. The molecule has 3 aromatic rings. The number of hydrogen-bond donors (Lipinski definition) is 2. The van der Waals surface area contributed by atoms with E-state index in [-0.39, 0.29) is 0 Å². The summed E-state index contributed by atoms with van der Waals surface area (Å²) in [6.45, 7) is 6.08. The molecule has 6 heteroatoms. The second kappa shape index (κ2) is 5.85. The molecule has 3 heterocycles. The fourth-order valence-corrected chi connectivity index (χ4v) is 3.71. The van der Waals surface area contributed by atoms with Crippen LogP contribution < -0.4 is 10.2 Å². The minimum atomic E-state index is 0.408. The molecule has 0 radical (unpaired) electrons. The second-order valence-corrected chi connectivity index (χ2v) is 7.40. The van der Waals surface area contributed by atoms with Crippen LogP contribution in [0.2, 0.25) is 0 Å². The molecule has 6 nitrogen and oxygen atoms in total. The number of benzene rings is 2. The Morgan fingerprint density at radius 1 is 1.12 bits per heavy atom. The Hall–Kier alpha value is -2.86. The first-order valence-corrected chi connectivity index (χ1v) is 8.88. The minimum absolute atomic E-state index is 0.408. The van der Waals surface area contributed by atoms with E-state index in [0.717, 1.165) is 43.4 Å². The molecule has 2 N–H and O–H groups in total. The number of rotatable bonds is 4. The molecule has 0 amide bonds. The highest BCUT2D eigenvalue weighted by Crippen LogP contribution is 2.41. The summed E-state index contributed by atoms with van der Waals surface area (Å²) in [6.07, 6.45) is 0. The number of H-pyrrole nitrogens is 1. The average Bonchev–Trinajstić information content (AvgIpc) is 3.01. The Kier molecular flexibility index (Phi) is 3.46. The Bertz CT molecular complexity index is 924. The number of aromatic amines is 1. The molecule has 1 spiro atoms. The van der Waals surface area contributed by atoms with Gasteiger partial charge in [0.1, 0.15) is 0 Å². The zero-order valence-electron chi connectivity index (χ0n) is 14.7. The SMILES string of the molecule is Cc1cc(Nc2n[nH]c(-c3ccccc3)n2)cc(N2CC3(COC3)C2)c1. The van der Waals surface area contributed by atoms with Gasteiger partial charge in [0.2, 0.25) is 5.95 Å². The number of nitrogens with one attached hydrogen (secondary N) is 2. The molecule has 132 valence electrons. The van der Waals surface area contributed by atoms with Gasteiger partial charge in [0, 0.05) is 30.0 Å². The topological polar surface area (TPSA) is 66.1 Å². The van der Waals surface area contributed by atoms with Gasteiger partial charge in [0.05, 0.1) is 18.6 Å². The summed E-state index contributed by atoms with van der Waals surface area (Å²) in [6, 6.07) is 16.5. The molecule has 2 aliphatic heterocycles. The summed E-state index contributed by atoms with van der Waals surface area (Å²) >= 11 is 0. The van der Waals surface area contributed by atoms with Crippen LogP contribution >= 0.6 is 0 Å². The zero-order valence-corrected chi connectivity index (χ0v) is 14.7. The molecule has 0 saturated carbocycles. The molecule has 1 aromatic heterocycles. The van der Waals surface area contributed by atoms with Crippen molar-refractivity contribution in [2.45, 2.75) is 6.92 Å². The maximum atomic E-state index is 5.37. The molecular weight excluding hydrogens is 326 g/mol. The van der Waals surface area contributed by atoms with Crippen LogP contribution in [0.5, 0.6) is 0 Å². The summed E-state index contributed by atoms with van der Waals surface area (Å²) in [4.78, 5) is 6.96. The number of hydrogen-bond acceptors (Lipinski definition) is 5. The van der Waals surface area contributed by atoms with Crippen LogP contribution in [0.4, 0.5) is 17.3 Å². The summed E-state index contributed by atoms with van der Waals surface area (Å²) in [5.74, 6) is 1.34. The molecule has 2 aliphatic rings. The monoisotopic (exact) mass is 347 g/mol. The predicted octanol–water partition coefficient (Wildman–Crippen LogP) is 3.36. The third-order valence-corrected chi connectivity index (χ3v) is 5.09. The van der Waals surface area contributed by atoms with Crippen LogP contribution in [0.25, 0.3) is 11.4 Å². The van der Waals surface area contributed by atoms with Crippen LogP contribution in [-0.2, 0) is 4.74 Å². The van der Waals surface area contributed by atoms with Gasteiger partial charge in [0.15, 0.2) is 5.82 Å². The number of anilines is 3.